The number of hydrogen-bond acceptors (Lipinski definition) is 2. The maximum absolute atomic E-state index is 13.7. The highest BCUT2D eigenvalue weighted by Gasteiger charge is 2.18. The van der Waals surface area contributed by atoms with Gasteiger partial charge in [0.2, 0.25) is 0 Å². The number of amides is 1. The molecule has 0 aliphatic carbocycles. The molecular formula is C15H21FN2O. The number of piperidine rings is 1. The summed E-state index contributed by atoms with van der Waals surface area (Å²) in [6.07, 6.45) is 1.99. The Morgan fingerprint density at radius 3 is 2.63 bits per heavy atom. The number of rotatable bonds is 3. The van der Waals surface area contributed by atoms with Gasteiger partial charge in [-0.1, -0.05) is 0 Å². The second-order valence-corrected chi connectivity index (χ2v) is 5.43. The standard InChI is InChI=1S/C15H21FN2O/c1-10(2)18-15(19)13-7-12(8-14(16)9-13)11-3-5-17-6-4-11/h7-11,17H,3-6H2,1-2H3,(H,18,19). The monoisotopic (exact) mass is 264 g/mol. The summed E-state index contributed by atoms with van der Waals surface area (Å²) in [6.45, 7) is 5.69. The van der Waals surface area contributed by atoms with Crippen molar-refractivity contribution in [3.05, 3.63) is 35.1 Å². The lowest BCUT2D eigenvalue weighted by atomic mass is 9.89. The van der Waals surface area contributed by atoms with Gasteiger partial charge >= 0.3 is 0 Å². The van der Waals surface area contributed by atoms with Gasteiger partial charge in [0, 0.05) is 11.6 Å². The molecule has 1 fully saturated rings. The molecule has 1 aliphatic rings. The number of carbonyl (C=O) groups excluding carboxylic acids is 1. The minimum Gasteiger partial charge on any atom is -0.350 e. The fourth-order valence-corrected chi connectivity index (χ4v) is 2.48. The van der Waals surface area contributed by atoms with Crippen molar-refractivity contribution in [2.24, 2.45) is 0 Å². The van der Waals surface area contributed by atoms with E-state index in [1.54, 1.807) is 6.07 Å². The molecule has 1 aromatic rings. The summed E-state index contributed by atoms with van der Waals surface area (Å²) in [4.78, 5) is 12.0. The van der Waals surface area contributed by atoms with Crippen molar-refractivity contribution >= 4 is 5.91 Å². The Balaban J connectivity index is 2.21. The van der Waals surface area contributed by atoms with Gasteiger partial charge in [-0.15, -0.1) is 0 Å². The molecule has 1 aromatic carbocycles. The van der Waals surface area contributed by atoms with Gasteiger partial charge in [-0.25, -0.2) is 4.39 Å². The minimum atomic E-state index is -0.329. The molecule has 0 saturated carbocycles. The number of nitrogens with one attached hydrogen (secondary N) is 2. The molecule has 1 aliphatic heterocycles. The number of benzene rings is 1. The van der Waals surface area contributed by atoms with Gasteiger partial charge < -0.3 is 10.6 Å². The topological polar surface area (TPSA) is 41.1 Å². The van der Waals surface area contributed by atoms with Gasteiger partial charge in [-0.3, -0.25) is 4.79 Å². The van der Waals surface area contributed by atoms with Crippen LogP contribution < -0.4 is 10.6 Å². The zero-order valence-corrected chi connectivity index (χ0v) is 11.5. The molecule has 0 aromatic heterocycles. The van der Waals surface area contributed by atoms with Crippen molar-refractivity contribution in [3.63, 3.8) is 0 Å². The van der Waals surface area contributed by atoms with Crippen molar-refractivity contribution in [1.82, 2.24) is 10.6 Å². The Hall–Kier alpha value is -1.42. The molecule has 0 spiro atoms. The van der Waals surface area contributed by atoms with Gasteiger partial charge in [0.1, 0.15) is 5.82 Å². The van der Waals surface area contributed by atoms with E-state index in [1.807, 2.05) is 19.9 Å². The van der Waals surface area contributed by atoms with Gasteiger partial charge in [0.15, 0.2) is 0 Å². The van der Waals surface area contributed by atoms with Crippen LogP contribution in [-0.2, 0) is 0 Å². The molecule has 2 N–H and O–H groups in total. The Morgan fingerprint density at radius 1 is 1.32 bits per heavy atom. The summed E-state index contributed by atoms with van der Waals surface area (Å²) in [5.41, 5.74) is 1.36. The highest BCUT2D eigenvalue weighted by molar-refractivity contribution is 5.94. The van der Waals surface area contributed by atoms with Crippen LogP contribution >= 0.6 is 0 Å². The fourth-order valence-electron chi connectivity index (χ4n) is 2.48. The summed E-state index contributed by atoms with van der Waals surface area (Å²) >= 11 is 0. The van der Waals surface area contributed by atoms with E-state index in [9.17, 15) is 9.18 Å². The molecular weight excluding hydrogens is 243 g/mol. The zero-order valence-electron chi connectivity index (χ0n) is 11.5. The van der Waals surface area contributed by atoms with E-state index < -0.39 is 0 Å². The number of hydrogen-bond donors (Lipinski definition) is 2. The molecule has 1 heterocycles. The van der Waals surface area contributed by atoms with Crippen LogP contribution in [0.2, 0.25) is 0 Å². The molecule has 19 heavy (non-hydrogen) atoms. The smallest absolute Gasteiger partial charge is 0.251 e. The Kier molecular flexibility index (Phi) is 4.53. The van der Waals surface area contributed by atoms with Crippen LogP contribution in [0.3, 0.4) is 0 Å². The van der Waals surface area contributed by atoms with E-state index in [4.69, 9.17) is 0 Å². The molecule has 2 rings (SSSR count). The quantitative estimate of drug-likeness (QED) is 0.880. The highest BCUT2D eigenvalue weighted by atomic mass is 19.1. The van der Waals surface area contributed by atoms with Gasteiger partial charge in [0.05, 0.1) is 0 Å². The lowest BCUT2D eigenvalue weighted by molar-refractivity contribution is 0.0942. The molecule has 1 amide bonds. The van der Waals surface area contributed by atoms with Crippen molar-refractivity contribution in [2.45, 2.75) is 38.6 Å². The van der Waals surface area contributed by atoms with Gasteiger partial charge in [0.25, 0.3) is 5.91 Å². The molecule has 0 radical (unpaired) electrons. The average molecular weight is 264 g/mol. The largest absolute Gasteiger partial charge is 0.350 e. The van der Waals surface area contributed by atoms with Crippen molar-refractivity contribution in [2.75, 3.05) is 13.1 Å². The Labute approximate surface area is 113 Å². The van der Waals surface area contributed by atoms with Crippen LogP contribution in [0.25, 0.3) is 0 Å². The van der Waals surface area contributed by atoms with Crippen molar-refractivity contribution in [3.8, 4) is 0 Å². The predicted molar refractivity (Wildman–Crippen MR) is 73.8 cm³/mol. The van der Waals surface area contributed by atoms with Crippen LogP contribution in [0.1, 0.15) is 48.5 Å². The van der Waals surface area contributed by atoms with Crippen LogP contribution in [0.5, 0.6) is 0 Å². The second kappa shape index (κ2) is 6.15. The lowest BCUT2D eigenvalue weighted by Gasteiger charge is -2.23. The third kappa shape index (κ3) is 3.77. The zero-order chi connectivity index (χ0) is 13.8. The first-order valence-corrected chi connectivity index (χ1v) is 6.88. The van der Waals surface area contributed by atoms with Crippen LogP contribution in [0.4, 0.5) is 4.39 Å². The summed E-state index contributed by atoms with van der Waals surface area (Å²) < 4.78 is 13.7. The van der Waals surface area contributed by atoms with E-state index >= 15 is 0 Å². The maximum Gasteiger partial charge on any atom is 0.251 e. The van der Waals surface area contributed by atoms with Gasteiger partial charge in [-0.2, -0.15) is 0 Å². The van der Waals surface area contributed by atoms with Crippen LogP contribution in [-0.4, -0.2) is 25.0 Å². The highest BCUT2D eigenvalue weighted by Crippen LogP contribution is 2.26. The summed E-state index contributed by atoms with van der Waals surface area (Å²) in [5, 5.41) is 6.09. The first-order chi connectivity index (χ1) is 9.06. The van der Waals surface area contributed by atoms with E-state index in [2.05, 4.69) is 10.6 Å². The third-order valence-corrected chi connectivity index (χ3v) is 3.41. The van der Waals surface area contributed by atoms with E-state index in [-0.39, 0.29) is 17.8 Å². The van der Waals surface area contributed by atoms with E-state index in [0.717, 1.165) is 31.5 Å². The van der Waals surface area contributed by atoms with Crippen LogP contribution in [0, 0.1) is 5.82 Å². The summed E-state index contributed by atoms with van der Waals surface area (Å²) in [6, 6.07) is 4.75. The fraction of sp³-hybridized carbons (Fsp3) is 0.533. The van der Waals surface area contributed by atoms with Crippen molar-refractivity contribution < 1.29 is 9.18 Å². The average Bonchev–Trinajstić information content (AvgIpc) is 2.38. The van der Waals surface area contributed by atoms with Crippen LogP contribution in [0.15, 0.2) is 18.2 Å². The third-order valence-electron chi connectivity index (χ3n) is 3.41. The van der Waals surface area contributed by atoms with E-state index in [1.165, 1.54) is 6.07 Å². The number of carbonyl (C=O) groups is 1. The molecule has 0 atom stereocenters. The molecule has 4 heteroatoms. The predicted octanol–water partition coefficient (Wildman–Crippen LogP) is 2.43. The first-order valence-electron chi connectivity index (χ1n) is 6.88. The summed E-state index contributed by atoms with van der Waals surface area (Å²) in [7, 11) is 0. The Morgan fingerprint density at radius 2 is 2.00 bits per heavy atom. The maximum atomic E-state index is 13.7. The van der Waals surface area contributed by atoms with E-state index in [0.29, 0.717) is 11.5 Å². The second-order valence-electron chi connectivity index (χ2n) is 5.43. The molecule has 0 bridgehead atoms. The normalized spacial score (nSPS) is 16.6. The SMILES string of the molecule is CC(C)NC(=O)c1cc(F)cc(C2CCNCC2)c1. The van der Waals surface area contributed by atoms with Gasteiger partial charge in [-0.05, 0) is 69.5 Å². The Bertz CT molecular complexity index is 453. The lowest BCUT2D eigenvalue weighted by Crippen LogP contribution is -2.30. The first kappa shape index (κ1) is 14.0. The molecule has 104 valence electrons. The molecule has 0 unspecified atom stereocenters. The summed E-state index contributed by atoms with van der Waals surface area (Å²) in [5.74, 6) is -0.183. The molecule has 3 nitrogen and oxygen atoms in total. The minimum absolute atomic E-state index is 0.0538. The van der Waals surface area contributed by atoms with Crippen molar-refractivity contribution in [1.29, 1.82) is 0 Å². The number of halogens is 1. The molecule has 1 saturated heterocycles.